The van der Waals surface area contributed by atoms with Gasteiger partial charge < -0.3 is 9.30 Å². The first-order chi connectivity index (χ1) is 8.60. The van der Waals surface area contributed by atoms with Gasteiger partial charge in [0.05, 0.1) is 7.11 Å². The van der Waals surface area contributed by atoms with Gasteiger partial charge in [0.25, 0.3) is 0 Å². The molecule has 1 aromatic carbocycles. The van der Waals surface area contributed by atoms with Crippen LogP contribution in [0.25, 0.3) is 0 Å². The standard InChI is InChI=1S/C15H17NO2/c1-11-8-14(17)9-12(2)16(11)10-13-4-6-15(18-3)7-5-13/h4-9H,10H2,1-3H3. The van der Waals surface area contributed by atoms with Crippen LogP contribution in [0.5, 0.6) is 5.75 Å². The van der Waals surface area contributed by atoms with Crippen LogP contribution in [0, 0.1) is 13.8 Å². The van der Waals surface area contributed by atoms with Crippen LogP contribution in [0.4, 0.5) is 0 Å². The van der Waals surface area contributed by atoms with Crippen molar-refractivity contribution in [3.05, 3.63) is 63.6 Å². The van der Waals surface area contributed by atoms with Crippen LogP contribution >= 0.6 is 0 Å². The zero-order valence-electron chi connectivity index (χ0n) is 10.9. The van der Waals surface area contributed by atoms with Gasteiger partial charge in [-0.15, -0.1) is 0 Å². The monoisotopic (exact) mass is 243 g/mol. The Morgan fingerprint density at radius 3 is 2.11 bits per heavy atom. The molecule has 3 heteroatoms. The lowest BCUT2D eigenvalue weighted by Gasteiger charge is -2.14. The zero-order valence-corrected chi connectivity index (χ0v) is 10.9. The Morgan fingerprint density at radius 2 is 1.61 bits per heavy atom. The number of aryl methyl sites for hydroxylation is 2. The van der Waals surface area contributed by atoms with Gasteiger partial charge in [0.2, 0.25) is 0 Å². The summed E-state index contributed by atoms with van der Waals surface area (Å²) in [7, 11) is 1.66. The Morgan fingerprint density at radius 1 is 1.06 bits per heavy atom. The van der Waals surface area contributed by atoms with Gasteiger partial charge in [-0.1, -0.05) is 12.1 Å². The Hall–Kier alpha value is -2.03. The number of methoxy groups -OCH3 is 1. The van der Waals surface area contributed by atoms with Crippen molar-refractivity contribution in [3.63, 3.8) is 0 Å². The fourth-order valence-corrected chi connectivity index (χ4v) is 2.05. The summed E-state index contributed by atoms with van der Waals surface area (Å²) in [6, 6.07) is 11.3. The van der Waals surface area contributed by atoms with Gasteiger partial charge >= 0.3 is 0 Å². The predicted molar refractivity (Wildman–Crippen MR) is 72.3 cm³/mol. The number of nitrogens with zero attached hydrogens (tertiary/aromatic N) is 1. The van der Waals surface area contributed by atoms with E-state index < -0.39 is 0 Å². The lowest BCUT2D eigenvalue weighted by atomic mass is 10.2. The lowest BCUT2D eigenvalue weighted by Crippen LogP contribution is -2.13. The molecule has 0 aliphatic carbocycles. The SMILES string of the molecule is COc1ccc(Cn2c(C)cc(=O)cc2C)cc1. The van der Waals surface area contributed by atoms with E-state index in [-0.39, 0.29) is 5.43 Å². The summed E-state index contributed by atoms with van der Waals surface area (Å²) in [5, 5.41) is 0. The number of hydrogen-bond donors (Lipinski definition) is 0. The van der Waals surface area contributed by atoms with Crippen molar-refractivity contribution in [2.24, 2.45) is 0 Å². The van der Waals surface area contributed by atoms with E-state index in [0.717, 1.165) is 23.7 Å². The van der Waals surface area contributed by atoms with Crippen molar-refractivity contribution in [2.45, 2.75) is 20.4 Å². The van der Waals surface area contributed by atoms with E-state index in [1.807, 2.05) is 38.1 Å². The first-order valence-corrected chi connectivity index (χ1v) is 5.91. The Bertz CT molecular complexity index is 571. The minimum atomic E-state index is 0.0657. The van der Waals surface area contributed by atoms with Gasteiger partial charge in [0, 0.05) is 30.1 Å². The molecule has 0 spiro atoms. The van der Waals surface area contributed by atoms with Crippen molar-refractivity contribution in [3.8, 4) is 5.75 Å². The number of hydrogen-bond acceptors (Lipinski definition) is 2. The van der Waals surface area contributed by atoms with Gasteiger partial charge in [-0.3, -0.25) is 4.79 Å². The maximum Gasteiger partial charge on any atom is 0.182 e. The molecule has 0 unspecified atom stereocenters. The summed E-state index contributed by atoms with van der Waals surface area (Å²) < 4.78 is 7.26. The lowest BCUT2D eigenvalue weighted by molar-refractivity contribution is 0.414. The molecule has 0 fully saturated rings. The average Bonchev–Trinajstić information content (AvgIpc) is 2.34. The first-order valence-electron chi connectivity index (χ1n) is 5.91. The molecule has 2 aromatic rings. The maximum atomic E-state index is 11.4. The number of benzene rings is 1. The smallest absolute Gasteiger partial charge is 0.182 e. The minimum Gasteiger partial charge on any atom is -0.497 e. The van der Waals surface area contributed by atoms with E-state index in [0.29, 0.717) is 0 Å². The van der Waals surface area contributed by atoms with E-state index in [9.17, 15) is 4.79 Å². The van der Waals surface area contributed by atoms with Crippen molar-refractivity contribution in [1.82, 2.24) is 4.57 Å². The fourth-order valence-electron chi connectivity index (χ4n) is 2.05. The normalized spacial score (nSPS) is 10.4. The second-order valence-corrected chi connectivity index (χ2v) is 4.41. The molecule has 0 aliphatic rings. The molecular formula is C15H17NO2. The summed E-state index contributed by atoms with van der Waals surface area (Å²) in [5.41, 5.74) is 3.22. The van der Waals surface area contributed by atoms with Crippen molar-refractivity contribution in [1.29, 1.82) is 0 Å². The molecule has 0 saturated carbocycles. The molecule has 0 N–H and O–H groups in total. The van der Waals surface area contributed by atoms with E-state index in [2.05, 4.69) is 4.57 Å². The van der Waals surface area contributed by atoms with Gasteiger partial charge in [-0.25, -0.2) is 0 Å². The highest BCUT2D eigenvalue weighted by atomic mass is 16.5. The number of aromatic nitrogens is 1. The topological polar surface area (TPSA) is 31.2 Å². The molecule has 3 nitrogen and oxygen atoms in total. The molecule has 0 radical (unpaired) electrons. The Balaban J connectivity index is 2.31. The number of pyridine rings is 1. The molecule has 0 amide bonds. The molecule has 18 heavy (non-hydrogen) atoms. The fraction of sp³-hybridized carbons (Fsp3) is 0.267. The molecule has 1 aromatic heterocycles. The third-order valence-corrected chi connectivity index (χ3v) is 3.05. The quantitative estimate of drug-likeness (QED) is 0.829. The molecule has 94 valence electrons. The highest BCUT2D eigenvalue weighted by Crippen LogP contribution is 2.13. The van der Waals surface area contributed by atoms with Crippen LogP contribution in [0.15, 0.2) is 41.2 Å². The molecule has 2 rings (SSSR count). The van der Waals surface area contributed by atoms with Gasteiger partial charge in [-0.2, -0.15) is 0 Å². The molecular weight excluding hydrogens is 226 g/mol. The Kier molecular flexibility index (Phi) is 3.51. The molecule has 0 aliphatic heterocycles. The van der Waals surface area contributed by atoms with Gasteiger partial charge in [0.15, 0.2) is 5.43 Å². The summed E-state index contributed by atoms with van der Waals surface area (Å²) in [5.74, 6) is 0.854. The van der Waals surface area contributed by atoms with E-state index in [1.54, 1.807) is 19.2 Å². The first kappa shape index (κ1) is 12.4. The van der Waals surface area contributed by atoms with Crippen LogP contribution < -0.4 is 10.2 Å². The summed E-state index contributed by atoms with van der Waals surface area (Å²) >= 11 is 0. The summed E-state index contributed by atoms with van der Waals surface area (Å²) in [6.07, 6.45) is 0. The van der Waals surface area contributed by atoms with E-state index >= 15 is 0 Å². The van der Waals surface area contributed by atoms with Crippen molar-refractivity contribution in [2.75, 3.05) is 7.11 Å². The molecule has 0 saturated heterocycles. The largest absolute Gasteiger partial charge is 0.497 e. The third kappa shape index (κ3) is 2.62. The predicted octanol–water partition coefficient (Wildman–Crippen LogP) is 2.52. The molecule has 0 atom stereocenters. The molecule has 1 heterocycles. The van der Waals surface area contributed by atoms with Gasteiger partial charge in [0.1, 0.15) is 5.75 Å². The highest BCUT2D eigenvalue weighted by Gasteiger charge is 2.02. The van der Waals surface area contributed by atoms with Crippen molar-refractivity contribution >= 4 is 0 Å². The molecule has 0 bridgehead atoms. The van der Waals surface area contributed by atoms with Crippen molar-refractivity contribution < 1.29 is 4.74 Å². The Labute approximate surface area is 107 Å². The minimum absolute atomic E-state index is 0.0657. The van der Waals surface area contributed by atoms with E-state index in [1.165, 1.54) is 5.56 Å². The van der Waals surface area contributed by atoms with Crippen LogP contribution in [0.2, 0.25) is 0 Å². The third-order valence-electron chi connectivity index (χ3n) is 3.05. The number of rotatable bonds is 3. The van der Waals surface area contributed by atoms with Crippen LogP contribution in [-0.4, -0.2) is 11.7 Å². The van der Waals surface area contributed by atoms with Crippen LogP contribution in [0.1, 0.15) is 17.0 Å². The average molecular weight is 243 g/mol. The zero-order chi connectivity index (χ0) is 13.1. The highest BCUT2D eigenvalue weighted by molar-refractivity contribution is 5.28. The second kappa shape index (κ2) is 5.08. The van der Waals surface area contributed by atoms with Crippen LogP contribution in [-0.2, 0) is 6.54 Å². The van der Waals surface area contributed by atoms with E-state index in [4.69, 9.17) is 4.74 Å². The second-order valence-electron chi connectivity index (χ2n) is 4.41. The summed E-state index contributed by atoms with van der Waals surface area (Å²) in [4.78, 5) is 11.4. The summed E-state index contributed by atoms with van der Waals surface area (Å²) in [6.45, 7) is 4.68. The van der Waals surface area contributed by atoms with Gasteiger partial charge in [-0.05, 0) is 31.5 Å². The number of ether oxygens (including phenoxy) is 1. The van der Waals surface area contributed by atoms with Crippen LogP contribution in [0.3, 0.4) is 0 Å². The maximum absolute atomic E-state index is 11.4.